The molecule has 1 heterocycles. The smallest absolute Gasteiger partial charge is 0.292 e. The quantitative estimate of drug-likeness (QED) is 0.862. The number of halogens is 1. The lowest BCUT2D eigenvalue weighted by molar-refractivity contribution is 0.549. The van der Waals surface area contributed by atoms with Crippen LogP contribution in [-0.4, -0.2) is 4.98 Å². The molecule has 2 N–H and O–H groups in total. The van der Waals surface area contributed by atoms with Gasteiger partial charge in [-0.2, -0.15) is 4.98 Å². The predicted octanol–water partition coefficient (Wildman–Crippen LogP) is 3.30. The number of nitrogens with zero attached hydrogens (tertiary/aromatic N) is 1. The minimum Gasteiger partial charge on any atom is -0.429 e. The van der Waals surface area contributed by atoms with E-state index in [2.05, 4.69) is 20.9 Å². The van der Waals surface area contributed by atoms with Gasteiger partial charge in [-0.3, -0.25) is 0 Å². The second kappa shape index (κ2) is 3.70. The van der Waals surface area contributed by atoms with E-state index in [4.69, 9.17) is 10.2 Å². The van der Waals surface area contributed by atoms with Gasteiger partial charge >= 0.3 is 0 Å². The topological polar surface area (TPSA) is 52.0 Å². The molecular formula is C11H11BrN2O. The number of aromatic nitrogens is 1. The third-order valence-electron chi connectivity index (χ3n) is 2.26. The second-order valence-corrected chi connectivity index (χ2v) is 4.28. The summed E-state index contributed by atoms with van der Waals surface area (Å²) in [6, 6.07) is 6.26. The Hall–Kier alpha value is -1.29. The lowest BCUT2D eigenvalue weighted by Gasteiger charge is -2.01. The summed E-state index contributed by atoms with van der Waals surface area (Å²) < 4.78 is 6.25. The van der Waals surface area contributed by atoms with Crippen molar-refractivity contribution < 1.29 is 4.42 Å². The van der Waals surface area contributed by atoms with E-state index in [-0.39, 0.29) is 6.01 Å². The molecule has 2 aromatic rings. The van der Waals surface area contributed by atoms with Crippen molar-refractivity contribution in [2.45, 2.75) is 13.8 Å². The molecule has 0 fully saturated rings. The van der Waals surface area contributed by atoms with E-state index < -0.39 is 0 Å². The number of oxazole rings is 1. The summed E-state index contributed by atoms with van der Waals surface area (Å²) in [5.41, 5.74) is 8.49. The average molecular weight is 267 g/mol. The molecule has 0 atom stereocenters. The van der Waals surface area contributed by atoms with Gasteiger partial charge in [0, 0.05) is 10.0 Å². The van der Waals surface area contributed by atoms with Gasteiger partial charge in [-0.1, -0.05) is 28.1 Å². The fraction of sp³-hybridized carbons (Fsp3) is 0.182. The lowest BCUT2D eigenvalue weighted by atomic mass is 10.1. The summed E-state index contributed by atoms with van der Waals surface area (Å²) in [5.74, 6) is 0.739. The fourth-order valence-electron chi connectivity index (χ4n) is 1.42. The van der Waals surface area contributed by atoms with Crippen molar-refractivity contribution in [1.29, 1.82) is 0 Å². The van der Waals surface area contributed by atoms with Crippen LogP contribution >= 0.6 is 15.9 Å². The molecule has 0 unspecified atom stereocenters. The zero-order valence-corrected chi connectivity index (χ0v) is 10.1. The molecular weight excluding hydrogens is 256 g/mol. The molecule has 0 aliphatic heterocycles. The fourth-order valence-corrected chi connectivity index (χ4v) is 1.80. The molecule has 15 heavy (non-hydrogen) atoms. The van der Waals surface area contributed by atoms with E-state index in [1.54, 1.807) is 0 Å². The monoisotopic (exact) mass is 266 g/mol. The number of hydrogen-bond donors (Lipinski definition) is 1. The number of rotatable bonds is 1. The SMILES string of the molecule is Cc1ccc(-c2nc(N)oc2C)cc1Br. The van der Waals surface area contributed by atoms with Gasteiger partial charge in [-0.05, 0) is 25.5 Å². The maximum Gasteiger partial charge on any atom is 0.292 e. The van der Waals surface area contributed by atoms with Gasteiger partial charge in [0.15, 0.2) is 0 Å². The molecule has 0 aliphatic carbocycles. The summed E-state index contributed by atoms with van der Waals surface area (Å²) in [7, 11) is 0. The third-order valence-corrected chi connectivity index (χ3v) is 3.11. The molecule has 1 aromatic carbocycles. The van der Waals surface area contributed by atoms with Crippen LogP contribution in [0.3, 0.4) is 0 Å². The maximum absolute atomic E-state index is 5.50. The van der Waals surface area contributed by atoms with Crippen LogP contribution in [0.1, 0.15) is 11.3 Å². The highest BCUT2D eigenvalue weighted by molar-refractivity contribution is 9.10. The molecule has 1 aromatic heterocycles. The molecule has 3 nitrogen and oxygen atoms in total. The average Bonchev–Trinajstić information content (AvgIpc) is 2.50. The summed E-state index contributed by atoms with van der Waals surface area (Å²) in [4.78, 5) is 4.14. The summed E-state index contributed by atoms with van der Waals surface area (Å²) in [6.07, 6.45) is 0. The van der Waals surface area contributed by atoms with Gasteiger partial charge in [0.1, 0.15) is 11.5 Å². The zero-order valence-electron chi connectivity index (χ0n) is 8.54. The molecule has 0 aliphatic rings. The van der Waals surface area contributed by atoms with Crippen LogP contribution in [0.25, 0.3) is 11.3 Å². The Morgan fingerprint density at radius 2 is 2.07 bits per heavy atom. The number of nitrogens with two attached hydrogens (primary N) is 1. The first-order chi connectivity index (χ1) is 7.08. The molecule has 78 valence electrons. The summed E-state index contributed by atoms with van der Waals surface area (Å²) >= 11 is 3.49. The van der Waals surface area contributed by atoms with E-state index >= 15 is 0 Å². The van der Waals surface area contributed by atoms with Crippen molar-refractivity contribution >= 4 is 21.9 Å². The molecule has 0 saturated carbocycles. The highest BCUT2D eigenvalue weighted by atomic mass is 79.9. The van der Waals surface area contributed by atoms with E-state index in [0.29, 0.717) is 0 Å². The Morgan fingerprint density at radius 3 is 2.60 bits per heavy atom. The van der Waals surface area contributed by atoms with Crippen LogP contribution in [0.15, 0.2) is 27.1 Å². The summed E-state index contributed by atoms with van der Waals surface area (Å²) in [6.45, 7) is 3.89. The number of nitrogen functional groups attached to an aromatic ring is 1. The van der Waals surface area contributed by atoms with E-state index in [0.717, 1.165) is 21.5 Å². The number of hydrogen-bond acceptors (Lipinski definition) is 3. The first-order valence-corrected chi connectivity index (χ1v) is 5.36. The van der Waals surface area contributed by atoms with Crippen molar-refractivity contribution in [3.05, 3.63) is 34.0 Å². The number of benzene rings is 1. The van der Waals surface area contributed by atoms with Crippen molar-refractivity contribution in [1.82, 2.24) is 4.98 Å². The largest absolute Gasteiger partial charge is 0.429 e. The van der Waals surface area contributed by atoms with Gasteiger partial charge in [0.25, 0.3) is 6.01 Å². The Labute approximate surface area is 96.4 Å². The highest BCUT2D eigenvalue weighted by Gasteiger charge is 2.10. The Balaban J connectivity index is 2.54. The van der Waals surface area contributed by atoms with Crippen molar-refractivity contribution in [2.24, 2.45) is 0 Å². The molecule has 2 rings (SSSR count). The highest BCUT2D eigenvalue weighted by Crippen LogP contribution is 2.28. The van der Waals surface area contributed by atoms with Crippen molar-refractivity contribution in [3.63, 3.8) is 0 Å². The van der Waals surface area contributed by atoms with Crippen LogP contribution in [-0.2, 0) is 0 Å². The van der Waals surface area contributed by atoms with E-state index in [1.165, 1.54) is 5.56 Å². The van der Waals surface area contributed by atoms with Crippen LogP contribution in [0.2, 0.25) is 0 Å². The van der Waals surface area contributed by atoms with Gasteiger partial charge in [-0.15, -0.1) is 0 Å². The Bertz CT molecular complexity index is 505. The van der Waals surface area contributed by atoms with Gasteiger partial charge < -0.3 is 10.2 Å². The van der Waals surface area contributed by atoms with Crippen LogP contribution < -0.4 is 5.73 Å². The molecule has 0 radical (unpaired) electrons. The van der Waals surface area contributed by atoms with E-state index in [1.807, 2.05) is 32.0 Å². The molecule has 4 heteroatoms. The normalized spacial score (nSPS) is 10.6. The first-order valence-electron chi connectivity index (χ1n) is 4.57. The van der Waals surface area contributed by atoms with Gasteiger partial charge in [-0.25, -0.2) is 0 Å². The summed E-state index contributed by atoms with van der Waals surface area (Å²) in [5, 5.41) is 0. The molecule has 0 saturated heterocycles. The minimum absolute atomic E-state index is 0.208. The first kappa shape index (κ1) is 10.2. The van der Waals surface area contributed by atoms with Crippen molar-refractivity contribution in [2.75, 3.05) is 5.73 Å². The van der Waals surface area contributed by atoms with Crippen LogP contribution in [0, 0.1) is 13.8 Å². The molecule has 0 bridgehead atoms. The van der Waals surface area contributed by atoms with Gasteiger partial charge in [0.2, 0.25) is 0 Å². The van der Waals surface area contributed by atoms with Crippen molar-refractivity contribution in [3.8, 4) is 11.3 Å². The molecule has 0 amide bonds. The van der Waals surface area contributed by atoms with E-state index in [9.17, 15) is 0 Å². The Kier molecular flexibility index (Phi) is 2.52. The maximum atomic E-state index is 5.50. The zero-order chi connectivity index (χ0) is 11.0. The molecule has 0 spiro atoms. The third kappa shape index (κ3) is 1.90. The number of aryl methyl sites for hydroxylation is 2. The van der Waals surface area contributed by atoms with Gasteiger partial charge in [0.05, 0.1) is 0 Å². The van der Waals surface area contributed by atoms with Crippen LogP contribution in [0.5, 0.6) is 0 Å². The Morgan fingerprint density at radius 1 is 1.33 bits per heavy atom. The predicted molar refractivity (Wildman–Crippen MR) is 63.5 cm³/mol. The lowest BCUT2D eigenvalue weighted by Crippen LogP contribution is -1.85. The minimum atomic E-state index is 0.208. The standard InChI is InChI=1S/C11H11BrN2O/c1-6-3-4-8(5-9(6)12)10-7(2)15-11(13)14-10/h3-5H,1-2H3,(H2,13,14). The number of anilines is 1. The van der Waals surface area contributed by atoms with Crippen LogP contribution in [0.4, 0.5) is 6.01 Å². The second-order valence-electron chi connectivity index (χ2n) is 3.42.